The number of rotatable bonds is 3. The molecule has 0 aliphatic carbocycles. The lowest BCUT2D eigenvalue weighted by Gasteiger charge is -2.11. The molecule has 0 radical (unpaired) electrons. The van der Waals surface area contributed by atoms with Crippen molar-refractivity contribution in [3.8, 4) is 0 Å². The summed E-state index contributed by atoms with van der Waals surface area (Å²) in [7, 11) is 0. The lowest BCUT2D eigenvalue weighted by Crippen LogP contribution is -2.12. The zero-order valence-electron chi connectivity index (χ0n) is 9.41. The monoisotopic (exact) mass is 269 g/mol. The van der Waals surface area contributed by atoms with E-state index in [9.17, 15) is 4.39 Å². The van der Waals surface area contributed by atoms with Gasteiger partial charge in [-0.25, -0.2) is 4.39 Å². The fourth-order valence-corrected chi connectivity index (χ4v) is 2.91. The summed E-state index contributed by atoms with van der Waals surface area (Å²) >= 11 is 7.39. The van der Waals surface area contributed by atoms with Crippen LogP contribution < -0.4 is 5.73 Å². The van der Waals surface area contributed by atoms with Gasteiger partial charge >= 0.3 is 0 Å². The number of thiophene rings is 1. The molecule has 0 aliphatic rings. The van der Waals surface area contributed by atoms with Gasteiger partial charge in [-0.15, -0.1) is 11.3 Å². The summed E-state index contributed by atoms with van der Waals surface area (Å²) in [4.78, 5) is 1.17. The SMILES string of the molecule is Cc1ccsc1C(N)Cc1ccc(F)c(Cl)c1. The molecule has 1 unspecified atom stereocenters. The molecule has 2 rings (SSSR count). The van der Waals surface area contributed by atoms with E-state index >= 15 is 0 Å². The summed E-state index contributed by atoms with van der Waals surface area (Å²) in [5.74, 6) is -0.392. The first-order valence-corrected chi connectivity index (χ1v) is 6.57. The second-order valence-corrected chi connectivity index (χ2v) is 5.38. The minimum atomic E-state index is -0.392. The van der Waals surface area contributed by atoms with Crippen molar-refractivity contribution in [2.75, 3.05) is 0 Å². The molecule has 2 aromatic rings. The highest BCUT2D eigenvalue weighted by molar-refractivity contribution is 7.10. The summed E-state index contributed by atoms with van der Waals surface area (Å²) < 4.78 is 13.0. The van der Waals surface area contributed by atoms with E-state index in [1.807, 2.05) is 12.3 Å². The second-order valence-electron chi connectivity index (χ2n) is 4.03. The average molecular weight is 270 g/mol. The van der Waals surface area contributed by atoms with E-state index in [0.29, 0.717) is 6.42 Å². The number of halogens is 2. The Balaban J connectivity index is 2.16. The van der Waals surface area contributed by atoms with Crippen LogP contribution in [0.15, 0.2) is 29.6 Å². The Hall–Kier alpha value is -0.900. The van der Waals surface area contributed by atoms with Gasteiger partial charge in [-0.1, -0.05) is 17.7 Å². The number of benzene rings is 1. The van der Waals surface area contributed by atoms with Gasteiger partial charge in [-0.05, 0) is 48.1 Å². The van der Waals surface area contributed by atoms with Crippen molar-refractivity contribution in [2.45, 2.75) is 19.4 Å². The van der Waals surface area contributed by atoms with E-state index in [-0.39, 0.29) is 11.1 Å². The summed E-state index contributed by atoms with van der Waals surface area (Å²) in [6.45, 7) is 2.04. The smallest absolute Gasteiger partial charge is 0.141 e. The topological polar surface area (TPSA) is 26.0 Å². The minimum absolute atomic E-state index is 0.0588. The summed E-state index contributed by atoms with van der Waals surface area (Å²) in [6.07, 6.45) is 0.668. The molecule has 0 bridgehead atoms. The lowest BCUT2D eigenvalue weighted by molar-refractivity contribution is 0.626. The first-order chi connectivity index (χ1) is 8.08. The highest BCUT2D eigenvalue weighted by atomic mass is 35.5. The van der Waals surface area contributed by atoms with E-state index < -0.39 is 5.82 Å². The molecule has 4 heteroatoms. The Morgan fingerprint density at radius 3 is 2.76 bits per heavy atom. The third kappa shape index (κ3) is 2.86. The molecule has 0 fully saturated rings. The van der Waals surface area contributed by atoms with Crippen LogP contribution in [-0.4, -0.2) is 0 Å². The molecule has 0 spiro atoms. The fraction of sp³-hybridized carbons (Fsp3) is 0.231. The highest BCUT2D eigenvalue weighted by Crippen LogP contribution is 2.26. The van der Waals surface area contributed by atoms with Crippen LogP contribution in [0.4, 0.5) is 4.39 Å². The molecule has 0 saturated carbocycles. The molecular formula is C13H13ClFNS. The van der Waals surface area contributed by atoms with E-state index in [1.54, 1.807) is 23.5 Å². The fourth-order valence-electron chi connectivity index (χ4n) is 1.78. The van der Waals surface area contributed by atoms with E-state index in [2.05, 4.69) is 6.07 Å². The first kappa shape index (κ1) is 12.6. The van der Waals surface area contributed by atoms with Crippen LogP contribution in [0.2, 0.25) is 5.02 Å². The molecule has 0 saturated heterocycles. The van der Waals surface area contributed by atoms with Crippen molar-refractivity contribution >= 4 is 22.9 Å². The predicted molar refractivity (Wildman–Crippen MR) is 71.1 cm³/mol. The molecule has 2 N–H and O–H groups in total. The Labute approximate surface area is 109 Å². The molecule has 17 heavy (non-hydrogen) atoms. The maximum atomic E-state index is 13.0. The molecule has 0 aliphatic heterocycles. The highest BCUT2D eigenvalue weighted by Gasteiger charge is 2.12. The Morgan fingerprint density at radius 2 is 2.18 bits per heavy atom. The van der Waals surface area contributed by atoms with Crippen LogP contribution in [0.3, 0.4) is 0 Å². The van der Waals surface area contributed by atoms with Gasteiger partial charge in [0.05, 0.1) is 5.02 Å². The summed E-state index contributed by atoms with van der Waals surface area (Å²) in [6, 6.07) is 6.74. The van der Waals surface area contributed by atoms with Gasteiger partial charge < -0.3 is 5.73 Å². The van der Waals surface area contributed by atoms with Gasteiger partial charge in [0.2, 0.25) is 0 Å². The summed E-state index contributed by atoms with van der Waals surface area (Å²) in [5.41, 5.74) is 8.29. The standard InChI is InChI=1S/C13H13ClFNS/c1-8-4-5-17-13(8)12(16)7-9-2-3-11(15)10(14)6-9/h2-6,12H,7,16H2,1H3. The maximum absolute atomic E-state index is 13.0. The molecule has 90 valence electrons. The lowest BCUT2D eigenvalue weighted by atomic mass is 10.0. The normalized spacial score (nSPS) is 12.7. The third-order valence-corrected chi connectivity index (χ3v) is 4.12. The van der Waals surface area contributed by atoms with Crippen LogP contribution in [0.5, 0.6) is 0 Å². The number of hydrogen-bond acceptors (Lipinski definition) is 2. The van der Waals surface area contributed by atoms with Crippen molar-refractivity contribution in [2.24, 2.45) is 5.73 Å². The minimum Gasteiger partial charge on any atom is -0.323 e. The van der Waals surface area contributed by atoms with Gasteiger partial charge in [-0.2, -0.15) is 0 Å². The van der Waals surface area contributed by atoms with Gasteiger partial charge in [0.1, 0.15) is 5.82 Å². The Morgan fingerprint density at radius 1 is 1.41 bits per heavy atom. The van der Waals surface area contributed by atoms with Crippen molar-refractivity contribution in [3.63, 3.8) is 0 Å². The van der Waals surface area contributed by atoms with E-state index in [0.717, 1.165) is 5.56 Å². The second kappa shape index (κ2) is 5.17. The van der Waals surface area contributed by atoms with Gasteiger partial charge in [0.15, 0.2) is 0 Å². The van der Waals surface area contributed by atoms with Gasteiger partial charge in [0.25, 0.3) is 0 Å². The van der Waals surface area contributed by atoms with Crippen LogP contribution in [0.1, 0.15) is 22.0 Å². The molecule has 1 aromatic heterocycles. The van der Waals surface area contributed by atoms with Gasteiger partial charge in [-0.3, -0.25) is 0 Å². The zero-order chi connectivity index (χ0) is 12.4. The van der Waals surface area contributed by atoms with Crippen LogP contribution >= 0.6 is 22.9 Å². The van der Waals surface area contributed by atoms with E-state index in [4.69, 9.17) is 17.3 Å². The summed E-state index contributed by atoms with van der Waals surface area (Å²) in [5, 5.41) is 2.18. The van der Waals surface area contributed by atoms with Gasteiger partial charge in [0, 0.05) is 10.9 Å². The quantitative estimate of drug-likeness (QED) is 0.892. The van der Waals surface area contributed by atoms with Crippen molar-refractivity contribution in [1.82, 2.24) is 0 Å². The van der Waals surface area contributed by atoms with Crippen LogP contribution in [0, 0.1) is 12.7 Å². The van der Waals surface area contributed by atoms with Crippen molar-refractivity contribution in [3.05, 3.63) is 56.5 Å². The largest absolute Gasteiger partial charge is 0.323 e. The average Bonchev–Trinajstić information content (AvgIpc) is 2.70. The predicted octanol–water partition coefficient (Wildman–Crippen LogP) is 4.09. The van der Waals surface area contributed by atoms with Crippen molar-refractivity contribution < 1.29 is 4.39 Å². The number of aryl methyl sites for hydroxylation is 1. The molecule has 1 aromatic carbocycles. The van der Waals surface area contributed by atoms with E-state index in [1.165, 1.54) is 16.5 Å². The zero-order valence-corrected chi connectivity index (χ0v) is 11.0. The first-order valence-electron chi connectivity index (χ1n) is 5.31. The molecule has 1 nitrogen and oxygen atoms in total. The third-order valence-electron chi connectivity index (χ3n) is 2.68. The Kier molecular flexibility index (Phi) is 3.82. The molecular weight excluding hydrogens is 257 g/mol. The Bertz CT molecular complexity index is 524. The van der Waals surface area contributed by atoms with Crippen LogP contribution in [0.25, 0.3) is 0 Å². The van der Waals surface area contributed by atoms with Crippen LogP contribution in [-0.2, 0) is 6.42 Å². The van der Waals surface area contributed by atoms with Crippen molar-refractivity contribution in [1.29, 1.82) is 0 Å². The molecule has 0 amide bonds. The molecule has 1 atom stereocenters. The number of nitrogens with two attached hydrogens (primary N) is 1. The molecule has 1 heterocycles. The number of hydrogen-bond donors (Lipinski definition) is 1. The maximum Gasteiger partial charge on any atom is 0.141 e.